The number of carboxylic acid groups (broad SMARTS) is 1. The van der Waals surface area contributed by atoms with Crippen LogP contribution in [-0.2, 0) is 4.79 Å². The number of carboxylic acids is 1. The molecule has 0 aliphatic carbocycles. The average molecular weight is 159 g/mol. The first-order chi connectivity index (χ1) is 5.13. The lowest BCUT2D eigenvalue weighted by molar-refractivity contribution is -0.139. The van der Waals surface area contributed by atoms with E-state index in [0.717, 1.165) is 0 Å². The summed E-state index contributed by atoms with van der Waals surface area (Å²) < 4.78 is 0. The zero-order valence-corrected chi connectivity index (χ0v) is 6.50. The second kappa shape index (κ2) is 4.85. The predicted molar refractivity (Wildman–Crippen MR) is 40.8 cm³/mol. The van der Waals surface area contributed by atoms with E-state index in [-0.39, 0.29) is 18.7 Å². The van der Waals surface area contributed by atoms with E-state index in [9.17, 15) is 4.79 Å². The Bertz CT molecular complexity index is 156. The fourth-order valence-corrected chi connectivity index (χ4v) is 0.865. The van der Waals surface area contributed by atoms with Crippen molar-refractivity contribution in [3.8, 4) is 0 Å². The van der Waals surface area contributed by atoms with Gasteiger partial charge in [-0.05, 0) is 6.42 Å². The minimum absolute atomic E-state index is 0.0995. The van der Waals surface area contributed by atoms with Crippen molar-refractivity contribution >= 4 is 11.7 Å². The van der Waals surface area contributed by atoms with Gasteiger partial charge in [-0.15, -0.1) is 0 Å². The summed E-state index contributed by atoms with van der Waals surface area (Å²) in [7, 11) is 0. The van der Waals surface area contributed by atoms with Crippen molar-refractivity contribution in [1.29, 1.82) is 5.41 Å². The Morgan fingerprint density at radius 2 is 2.18 bits per heavy atom. The molecule has 11 heavy (non-hydrogen) atoms. The molecule has 0 aliphatic heterocycles. The van der Waals surface area contributed by atoms with Crippen molar-refractivity contribution in [2.24, 2.45) is 5.92 Å². The Labute approximate surface area is 65.4 Å². The highest BCUT2D eigenvalue weighted by Crippen LogP contribution is 2.06. The molecule has 0 aliphatic rings. The summed E-state index contributed by atoms with van der Waals surface area (Å²) in [5, 5.41) is 24.2. The lowest BCUT2D eigenvalue weighted by Crippen LogP contribution is -2.22. The normalized spacial score (nSPS) is 12.5. The molecule has 4 heteroatoms. The summed E-state index contributed by atoms with van der Waals surface area (Å²) in [6.45, 7) is 1.56. The molecular weight excluding hydrogens is 146 g/mol. The standard InChI is InChI=1S/C7H13NO3/c1-2-5(7(10)11)6(8)3-4-9/h5,8-9H,2-4H2,1H3,(H,10,11)/t5-/m0/s1. The maximum atomic E-state index is 10.4. The number of aliphatic hydroxyl groups is 1. The molecule has 0 bridgehead atoms. The number of rotatable bonds is 5. The van der Waals surface area contributed by atoms with Crippen LogP contribution in [-0.4, -0.2) is 28.5 Å². The Kier molecular flexibility index (Phi) is 4.45. The van der Waals surface area contributed by atoms with Gasteiger partial charge < -0.3 is 15.6 Å². The first-order valence-electron chi connectivity index (χ1n) is 3.54. The van der Waals surface area contributed by atoms with Crippen molar-refractivity contribution < 1.29 is 15.0 Å². The highest BCUT2D eigenvalue weighted by molar-refractivity contribution is 5.99. The maximum absolute atomic E-state index is 10.4. The van der Waals surface area contributed by atoms with Crippen LogP contribution in [0.5, 0.6) is 0 Å². The van der Waals surface area contributed by atoms with Crippen LogP contribution < -0.4 is 0 Å². The monoisotopic (exact) mass is 159 g/mol. The summed E-state index contributed by atoms with van der Waals surface area (Å²) >= 11 is 0. The summed E-state index contributed by atoms with van der Waals surface area (Å²) in [5.41, 5.74) is 0.0995. The van der Waals surface area contributed by atoms with Crippen molar-refractivity contribution in [2.45, 2.75) is 19.8 Å². The van der Waals surface area contributed by atoms with Gasteiger partial charge in [-0.1, -0.05) is 6.92 Å². The predicted octanol–water partition coefficient (Wildman–Crippen LogP) is 0.499. The first-order valence-corrected chi connectivity index (χ1v) is 3.54. The van der Waals surface area contributed by atoms with Crippen LogP contribution in [0.4, 0.5) is 0 Å². The van der Waals surface area contributed by atoms with E-state index < -0.39 is 11.9 Å². The molecule has 0 rings (SSSR count). The second-order valence-electron chi connectivity index (χ2n) is 2.30. The van der Waals surface area contributed by atoms with Crippen LogP contribution in [0.1, 0.15) is 19.8 Å². The van der Waals surface area contributed by atoms with Crippen LogP contribution in [0.25, 0.3) is 0 Å². The molecule has 0 spiro atoms. The van der Waals surface area contributed by atoms with Crippen LogP contribution in [0.15, 0.2) is 0 Å². The molecule has 0 unspecified atom stereocenters. The van der Waals surface area contributed by atoms with Gasteiger partial charge in [0.15, 0.2) is 0 Å². The summed E-state index contributed by atoms with van der Waals surface area (Å²) in [4.78, 5) is 10.4. The van der Waals surface area contributed by atoms with E-state index >= 15 is 0 Å². The molecule has 0 amide bonds. The van der Waals surface area contributed by atoms with Gasteiger partial charge in [-0.25, -0.2) is 0 Å². The SMILES string of the molecule is CC[C@@H](C(=N)CCO)C(=O)O. The summed E-state index contributed by atoms with van der Waals surface area (Å²) in [5.74, 6) is -1.70. The lowest BCUT2D eigenvalue weighted by atomic mass is 9.99. The van der Waals surface area contributed by atoms with E-state index in [0.29, 0.717) is 6.42 Å². The van der Waals surface area contributed by atoms with Crippen LogP contribution in [0.2, 0.25) is 0 Å². The molecule has 64 valence electrons. The van der Waals surface area contributed by atoms with Crippen molar-refractivity contribution in [1.82, 2.24) is 0 Å². The molecule has 1 atom stereocenters. The Hall–Kier alpha value is -0.900. The molecule has 0 aromatic rings. The van der Waals surface area contributed by atoms with Crippen molar-refractivity contribution in [2.75, 3.05) is 6.61 Å². The van der Waals surface area contributed by atoms with E-state index in [1.165, 1.54) is 0 Å². The minimum atomic E-state index is -0.981. The van der Waals surface area contributed by atoms with Crippen molar-refractivity contribution in [3.05, 3.63) is 0 Å². The van der Waals surface area contributed by atoms with Crippen LogP contribution in [0.3, 0.4) is 0 Å². The maximum Gasteiger partial charge on any atom is 0.312 e. The molecular formula is C7H13NO3. The lowest BCUT2D eigenvalue weighted by Gasteiger charge is -2.09. The first kappa shape index (κ1) is 10.1. The van der Waals surface area contributed by atoms with Crippen molar-refractivity contribution in [3.63, 3.8) is 0 Å². The molecule has 0 saturated carbocycles. The van der Waals surface area contributed by atoms with Gasteiger partial charge in [0, 0.05) is 18.7 Å². The van der Waals surface area contributed by atoms with E-state index in [2.05, 4.69) is 0 Å². The fourth-order valence-electron chi connectivity index (χ4n) is 0.865. The summed E-state index contributed by atoms with van der Waals surface area (Å²) in [6.07, 6.45) is 0.568. The summed E-state index contributed by atoms with van der Waals surface area (Å²) in [6, 6.07) is 0. The molecule has 0 aromatic heterocycles. The number of carbonyl (C=O) groups is 1. The number of hydrogen-bond donors (Lipinski definition) is 3. The number of aliphatic carboxylic acids is 1. The minimum Gasteiger partial charge on any atom is -0.481 e. The largest absolute Gasteiger partial charge is 0.481 e. The zero-order chi connectivity index (χ0) is 8.85. The Balaban J connectivity index is 4.03. The quantitative estimate of drug-likeness (QED) is 0.511. The third kappa shape index (κ3) is 3.13. The molecule has 4 nitrogen and oxygen atoms in total. The molecule has 0 fully saturated rings. The van der Waals surface area contributed by atoms with Gasteiger partial charge >= 0.3 is 5.97 Å². The van der Waals surface area contributed by atoms with Gasteiger partial charge in [0.1, 0.15) is 0 Å². The molecule has 0 aromatic carbocycles. The van der Waals surface area contributed by atoms with Gasteiger partial charge in [0.05, 0.1) is 5.92 Å². The Morgan fingerprint density at radius 3 is 2.45 bits per heavy atom. The van der Waals surface area contributed by atoms with Gasteiger partial charge in [-0.3, -0.25) is 4.79 Å². The van der Waals surface area contributed by atoms with E-state index in [1.807, 2.05) is 0 Å². The average Bonchev–Trinajstić information content (AvgIpc) is 1.88. The van der Waals surface area contributed by atoms with Crippen LogP contribution in [0, 0.1) is 11.3 Å². The van der Waals surface area contributed by atoms with Gasteiger partial charge in [-0.2, -0.15) is 0 Å². The second-order valence-corrected chi connectivity index (χ2v) is 2.30. The molecule has 0 heterocycles. The topological polar surface area (TPSA) is 81.4 Å². The number of aliphatic hydroxyl groups excluding tert-OH is 1. The van der Waals surface area contributed by atoms with Gasteiger partial charge in [0.2, 0.25) is 0 Å². The molecule has 0 saturated heterocycles. The highest BCUT2D eigenvalue weighted by atomic mass is 16.4. The molecule has 0 radical (unpaired) electrons. The van der Waals surface area contributed by atoms with E-state index in [1.54, 1.807) is 6.92 Å². The number of nitrogens with one attached hydrogen (secondary N) is 1. The highest BCUT2D eigenvalue weighted by Gasteiger charge is 2.19. The zero-order valence-electron chi connectivity index (χ0n) is 6.50. The Morgan fingerprint density at radius 1 is 1.64 bits per heavy atom. The third-order valence-electron chi connectivity index (χ3n) is 1.51. The van der Waals surface area contributed by atoms with E-state index in [4.69, 9.17) is 15.6 Å². The fraction of sp³-hybridized carbons (Fsp3) is 0.714. The third-order valence-corrected chi connectivity index (χ3v) is 1.51. The van der Waals surface area contributed by atoms with Gasteiger partial charge in [0.25, 0.3) is 0 Å². The smallest absolute Gasteiger partial charge is 0.312 e. The number of hydrogen-bond acceptors (Lipinski definition) is 3. The van der Waals surface area contributed by atoms with Crippen LogP contribution >= 0.6 is 0 Å². The molecule has 3 N–H and O–H groups in total.